The van der Waals surface area contributed by atoms with Gasteiger partial charge < -0.3 is 4.42 Å². The lowest BCUT2D eigenvalue weighted by atomic mass is 10.1. The van der Waals surface area contributed by atoms with E-state index < -0.39 is 0 Å². The number of aryl methyl sites for hydroxylation is 1. The van der Waals surface area contributed by atoms with Crippen molar-refractivity contribution in [2.75, 3.05) is 0 Å². The number of hydrogen-bond donors (Lipinski definition) is 0. The van der Waals surface area contributed by atoms with E-state index in [0.29, 0.717) is 11.0 Å². The molecule has 2 heterocycles. The number of rotatable bonds is 3. The molecule has 0 aliphatic carbocycles. The van der Waals surface area contributed by atoms with Crippen molar-refractivity contribution >= 4 is 11.0 Å². The van der Waals surface area contributed by atoms with Crippen molar-refractivity contribution in [3.63, 3.8) is 0 Å². The van der Waals surface area contributed by atoms with Crippen molar-refractivity contribution in [1.29, 1.82) is 0 Å². The van der Waals surface area contributed by atoms with E-state index in [9.17, 15) is 4.79 Å². The van der Waals surface area contributed by atoms with Gasteiger partial charge in [0.1, 0.15) is 5.58 Å². The van der Waals surface area contributed by atoms with Gasteiger partial charge in [-0.25, -0.2) is 4.79 Å². The molecule has 2 heteroatoms. The number of allylic oxidation sites excluding steroid dienone is 1. The molecule has 1 aromatic carbocycles. The Bertz CT molecular complexity index is 467. The maximum atomic E-state index is 11.2. The summed E-state index contributed by atoms with van der Waals surface area (Å²) in [7, 11) is 0. The molecule has 3 aromatic rings. The first-order chi connectivity index (χ1) is 6.31. The molecule has 2 bridgehead atoms. The molecule has 0 unspecified atom stereocenters. The topological polar surface area (TPSA) is 30.2 Å². The molecular formula is C11H10O2. The SMILES string of the molecule is C=CCCc1cc2ccc1c(=O)o2. The number of hydrogen-bond acceptors (Lipinski definition) is 2. The molecule has 0 amide bonds. The van der Waals surface area contributed by atoms with Crippen LogP contribution in [0.3, 0.4) is 0 Å². The van der Waals surface area contributed by atoms with Gasteiger partial charge in [-0.3, -0.25) is 0 Å². The van der Waals surface area contributed by atoms with E-state index >= 15 is 0 Å². The second-order valence-corrected chi connectivity index (χ2v) is 3.04. The van der Waals surface area contributed by atoms with E-state index in [-0.39, 0.29) is 5.63 Å². The highest BCUT2D eigenvalue weighted by molar-refractivity contribution is 5.66. The highest BCUT2D eigenvalue weighted by Crippen LogP contribution is 2.15. The van der Waals surface area contributed by atoms with E-state index in [4.69, 9.17) is 4.42 Å². The second kappa shape index (κ2) is 3.05. The molecule has 0 saturated heterocycles. The molecule has 0 atom stereocenters. The molecule has 2 nitrogen and oxygen atoms in total. The van der Waals surface area contributed by atoms with Crippen molar-refractivity contribution in [2.45, 2.75) is 12.8 Å². The number of benzene rings is 1. The van der Waals surface area contributed by atoms with Crippen LogP contribution in [0.2, 0.25) is 0 Å². The third kappa shape index (κ3) is 1.35. The summed E-state index contributed by atoms with van der Waals surface area (Å²) in [6.45, 7) is 3.65. The first-order valence-electron chi connectivity index (χ1n) is 4.27. The van der Waals surface area contributed by atoms with Gasteiger partial charge in [0.15, 0.2) is 0 Å². The minimum atomic E-state index is -0.223. The van der Waals surface area contributed by atoms with E-state index in [2.05, 4.69) is 6.58 Å². The zero-order chi connectivity index (χ0) is 9.26. The maximum Gasteiger partial charge on any atom is 0.343 e. The van der Waals surface area contributed by atoms with Crippen LogP contribution in [0.5, 0.6) is 0 Å². The molecule has 0 fully saturated rings. The molecule has 0 saturated carbocycles. The molecule has 0 spiro atoms. The molecular weight excluding hydrogens is 164 g/mol. The molecule has 0 aliphatic rings. The second-order valence-electron chi connectivity index (χ2n) is 3.04. The lowest BCUT2D eigenvalue weighted by Gasteiger charge is -2.03. The van der Waals surface area contributed by atoms with Crippen LogP contribution in [0.15, 0.2) is 40.1 Å². The molecule has 2 aromatic heterocycles. The van der Waals surface area contributed by atoms with Crippen LogP contribution in [0, 0.1) is 0 Å². The van der Waals surface area contributed by atoms with Crippen LogP contribution in [0.25, 0.3) is 11.0 Å². The molecule has 3 rings (SSSR count). The summed E-state index contributed by atoms with van der Waals surface area (Å²) in [6.07, 6.45) is 3.61. The first-order valence-corrected chi connectivity index (χ1v) is 4.27. The van der Waals surface area contributed by atoms with Gasteiger partial charge in [0, 0.05) is 0 Å². The fraction of sp³-hybridized carbons (Fsp3) is 0.182. The minimum absolute atomic E-state index is 0.223. The predicted molar refractivity (Wildman–Crippen MR) is 52.2 cm³/mol. The highest BCUT2D eigenvalue weighted by Gasteiger charge is 2.06. The Hall–Kier alpha value is -1.57. The van der Waals surface area contributed by atoms with Gasteiger partial charge in [-0.1, -0.05) is 6.08 Å². The van der Waals surface area contributed by atoms with Crippen LogP contribution in [-0.2, 0) is 6.42 Å². The smallest absolute Gasteiger partial charge is 0.343 e. The summed E-state index contributed by atoms with van der Waals surface area (Å²) >= 11 is 0. The zero-order valence-corrected chi connectivity index (χ0v) is 7.25. The summed E-state index contributed by atoms with van der Waals surface area (Å²) in [6, 6.07) is 5.55. The Balaban J connectivity index is 2.49. The molecule has 0 N–H and O–H groups in total. The van der Waals surface area contributed by atoms with E-state index in [0.717, 1.165) is 18.4 Å². The van der Waals surface area contributed by atoms with Gasteiger partial charge in [0.25, 0.3) is 0 Å². The third-order valence-corrected chi connectivity index (χ3v) is 2.12. The van der Waals surface area contributed by atoms with Gasteiger partial charge in [0.05, 0.1) is 5.39 Å². The predicted octanol–water partition coefficient (Wildman–Crippen LogP) is 2.35. The summed E-state index contributed by atoms with van der Waals surface area (Å²) in [5.74, 6) is 0. The third-order valence-electron chi connectivity index (χ3n) is 2.12. The van der Waals surface area contributed by atoms with Crippen molar-refractivity contribution < 1.29 is 4.42 Å². The Morgan fingerprint density at radius 1 is 1.46 bits per heavy atom. The maximum absolute atomic E-state index is 11.2. The molecule has 13 heavy (non-hydrogen) atoms. The summed E-state index contributed by atoms with van der Waals surface area (Å²) in [5.41, 5.74) is 1.49. The summed E-state index contributed by atoms with van der Waals surface area (Å²) < 4.78 is 4.95. The summed E-state index contributed by atoms with van der Waals surface area (Å²) in [5, 5.41) is 0.692. The minimum Gasteiger partial charge on any atom is -0.423 e. The van der Waals surface area contributed by atoms with Gasteiger partial charge in [0.2, 0.25) is 0 Å². The fourth-order valence-electron chi connectivity index (χ4n) is 1.46. The Labute approximate surface area is 75.8 Å². The lowest BCUT2D eigenvalue weighted by Crippen LogP contribution is -2.04. The highest BCUT2D eigenvalue weighted by atomic mass is 16.4. The van der Waals surface area contributed by atoms with Crippen LogP contribution in [-0.4, -0.2) is 0 Å². The van der Waals surface area contributed by atoms with Crippen LogP contribution in [0.1, 0.15) is 12.0 Å². The first kappa shape index (κ1) is 8.05. The van der Waals surface area contributed by atoms with Gasteiger partial charge in [-0.2, -0.15) is 0 Å². The van der Waals surface area contributed by atoms with Crippen LogP contribution < -0.4 is 5.63 Å². The Kier molecular flexibility index (Phi) is 1.89. The standard InChI is InChI=1S/C11H10O2/c1-2-3-4-8-7-9-5-6-10(8)11(12)13-9/h2,5-7H,1,3-4H2. The number of fused-ring (bicyclic) bond motifs is 3. The average molecular weight is 174 g/mol. The molecule has 0 aliphatic heterocycles. The monoisotopic (exact) mass is 174 g/mol. The average Bonchev–Trinajstić information content (AvgIpc) is 2.15. The molecule has 0 radical (unpaired) electrons. The van der Waals surface area contributed by atoms with Gasteiger partial charge in [-0.15, -0.1) is 6.58 Å². The lowest BCUT2D eigenvalue weighted by molar-refractivity contribution is 0.560. The fourth-order valence-corrected chi connectivity index (χ4v) is 1.46. The quantitative estimate of drug-likeness (QED) is 0.668. The van der Waals surface area contributed by atoms with Crippen molar-refractivity contribution in [3.8, 4) is 0 Å². The Morgan fingerprint density at radius 2 is 2.31 bits per heavy atom. The normalized spacial score (nSPS) is 10.8. The van der Waals surface area contributed by atoms with Gasteiger partial charge in [-0.05, 0) is 36.6 Å². The van der Waals surface area contributed by atoms with Crippen molar-refractivity contribution in [2.24, 2.45) is 0 Å². The van der Waals surface area contributed by atoms with Crippen LogP contribution >= 0.6 is 0 Å². The Morgan fingerprint density at radius 3 is 2.92 bits per heavy atom. The van der Waals surface area contributed by atoms with Gasteiger partial charge >= 0.3 is 5.63 Å². The van der Waals surface area contributed by atoms with E-state index in [1.807, 2.05) is 24.3 Å². The molecule has 66 valence electrons. The van der Waals surface area contributed by atoms with E-state index in [1.54, 1.807) is 0 Å². The van der Waals surface area contributed by atoms with E-state index in [1.165, 1.54) is 0 Å². The zero-order valence-electron chi connectivity index (χ0n) is 7.25. The van der Waals surface area contributed by atoms with Crippen molar-refractivity contribution in [1.82, 2.24) is 0 Å². The largest absolute Gasteiger partial charge is 0.423 e. The van der Waals surface area contributed by atoms with Crippen LogP contribution in [0.4, 0.5) is 0 Å². The summed E-state index contributed by atoms with van der Waals surface area (Å²) in [4.78, 5) is 11.2. The van der Waals surface area contributed by atoms with Crippen molar-refractivity contribution in [3.05, 3.63) is 46.8 Å².